The minimum absolute atomic E-state index is 0.113. The SMILES string of the molecule is C=c1[nH]c(C(F)(F)F)c/c1=C(/C=C\N)c1nc(NC2CCNCC2)c2c(C3CC3)cncc2n1. The van der Waals surface area contributed by atoms with Crippen molar-refractivity contribution < 1.29 is 13.2 Å². The van der Waals surface area contributed by atoms with Crippen molar-refractivity contribution in [3.8, 4) is 0 Å². The topological polar surface area (TPSA) is 105 Å². The molecule has 0 atom stereocenters. The fourth-order valence-electron chi connectivity index (χ4n) is 4.47. The quantitative estimate of drug-likeness (QED) is 0.458. The van der Waals surface area contributed by atoms with Gasteiger partial charge in [-0.25, -0.2) is 9.97 Å². The lowest BCUT2D eigenvalue weighted by Gasteiger charge is -2.25. The van der Waals surface area contributed by atoms with Crippen LogP contribution in [0, 0.1) is 0 Å². The number of piperidine rings is 1. The van der Waals surface area contributed by atoms with Crippen LogP contribution in [0.15, 0.2) is 30.7 Å². The maximum atomic E-state index is 13.3. The maximum Gasteiger partial charge on any atom is 0.431 e. The van der Waals surface area contributed by atoms with Crippen LogP contribution in [0.5, 0.6) is 0 Å². The molecule has 178 valence electrons. The number of halogens is 3. The molecule has 1 aliphatic heterocycles. The highest BCUT2D eigenvalue weighted by Crippen LogP contribution is 2.44. The molecular weight excluding hydrogens is 443 g/mol. The molecule has 0 aromatic carbocycles. The highest BCUT2D eigenvalue weighted by Gasteiger charge is 2.32. The van der Waals surface area contributed by atoms with E-state index in [1.807, 2.05) is 6.20 Å². The van der Waals surface area contributed by atoms with Gasteiger partial charge in [-0.15, -0.1) is 0 Å². The lowest BCUT2D eigenvalue weighted by Crippen LogP contribution is -2.35. The summed E-state index contributed by atoms with van der Waals surface area (Å²) in [6.45, 7) is 5.58. The summed E-state index contributed by atoms with van der Waals surface area (Å²) >= 11 is 0. The molecule has 3 aromatic heterocycles. The Labute approximate surface area is 194 Å². The number of aromatic amines is 1. The molecule has 0 amide bonds. The van der Waals surface area contributed by atoms with Crippen LogP contribution in [0.3, 0.4) is 0 Å². The van der Waals surface area contributed by atoms with E-state index in [9.17, 15) is 13.2 Å². The fraction of sp³-hybridized carbons (Fsp3) is 0.375. The average molecular weight is 470 g/mol. The Hall–Kier alpha value is -3.40. The number of fused-ring (bicyclic) bond motifs is 1. The Morgan fingerprint density at radius 1 is 1.15 bits per heavy atom. The molecule has 0 radical (unpaired) electrons. The molecule has 7 nitrogen and oxygen atoms in total. The summed E-state index contributed by atoms with van der Waals surface area (Å²) in [5.41, 5.74) is 6.89. The predicted octanol–water partition coefficient (Wildman–Crippen LogP) is 2.49. The van der Waals surface area contributed by atoms with E-state index in [0.717, 1.165) is 55.8 Å². The molecule has 2 aliphatic rings. The molecule has 2 fully saturated rings. The first kappa shape index (κ1) is 22.4. The number of pyridine rings is 1. The number of hydrogen-bond acceptors (Lipinski definition) is 6. The van der Waals surface area contributed by atoms with E-state index in [1.165, 1.54) is 12.3 Å². The van der Waals surface area contributed by atoms with Crippen molar-refractivity contribution in [3.05, 3.63) is 58.4 Å². The molecule has 5 rings (SSSR count). The number of H-pyrrole nitrogens is 1. The Morgan fingerprint density at radius 3 is 2.56 bits per heavy atom. The lowest BCUT2D eigenvalue weighted by atomic mass is 10.0. The molecule has 10 heteroatoms. The summed E-state index contributed by atoms with van der Waals surface area (Å²) in [6, 6.07) is 1.25. The van der Waals surface area contributed by atoms with Crippen molar-refractivity contribution in [2.24, 2.45) is 5.73 Å². The van der Waals surface area contributed by atoms with E-state index in [-0.39, 0.29) is 22.4 Å². The van der Waals surface area contributed by atoms with Gasteiger partial charge in [0.05, 0.1) is 11.7 Å². The van der Waals surface area contributed by atoms with Crippen molar-refractivity contribution in [3.63, 3.8) is 0 Å². The predicted molar refractivity (Wildman–Crippen MR) is 125 cm³/mol. The summed E-state index contributed by atoms with van der Waals surface area (Å²) in [7, 11) is 0. The van der Waals surface area contributed by atoms with Gasteiger partial charge in [0.1, 0.15) is 11.5 Å². The van der Waals surface area contributed by atoms with Gasteiger partial charge in [0, 0.05) is 33.8 Å². The normalized spacial score (nSPS) is 18.6. The summed E-state index contributed by atoms with van der Waals surface area (Å²) in [4.78, 5) is 16.3. The molecule has 0 spiro atoms. The van der Waals surface area contributed by atoms with Crippen LogP contribution < -0.4 is 26.9 Å². The zero-order chi connectivity index (χ0) is 23.9. The zero-order valence-electron chi connectivity index (χ0n) is 18.5. The largest absolute Gasteiger partial charge is 0.431 e. The van der Waals surface area contributed by atoms with Crippen LogP contribution in [0.2, 0.25) is 0 Å². The highest BCUT2D eigenvalue weighted by atomic mass is 19.4. The summed E-state index contributed by atoms with van der Waals surface area (Å²) < 4.78 is 40.0. The van der Waals surface area contributed by atoms with Gasteiger partial charge < -0.3 is 21.4 Å². The Balaban J connectivity index is 1.73. The first-order valence-electron chi connectivity index (χ1n) is 11.4. The van der Waals surface area contributed by atoms with Crippen LogP contribution in [0.25, 0.3) is 23.1 Å². The van der Waals surface area contributed by atoms with Gasteiger partial charge in [-0.05, 0) is 68.6 Å². The molecule has 1 saturated carbocycles. The van der Waals surface area contributed by atoms with E-state index in [0.29, 0.717) is 22.8 Å². The third-order valence-electron chi connectivity index (χ3n) is 6.33. The molecule has 4 heterocycles. The van der Waals surface area contributed by atoms with Crippen molar-refractivity contribution >= 4 is 28.9 Å². The Bertz CT molecular complexity index is 1350. The second-order valence-corrected chi connectivity index (χ2v) is 8.81. The van der Waals surface area contributed by atoms with Gasteiger partial charge in [-0.3, -0.25) is 4.98 Å². The number of alkyl halides is 3. The summed E-state index contributed by atoms with van der Waals surface area (Å²) in [5.74, 6) is 1.37. The van der Waals surface area contributed by atoms with Crippen LogP contribution in [-0.2, 0) is 6.18 Å². The van der Waals surface area contributed by atoms with E-state index in [4.69, 9.17) is 15.7 Å². The Morgan fingerprint density at radius 2 is 1.91 bits per heavy atom. The molecular formula is C24H26F3N7. The highest BCUT2D eigenvalue weighted by molar-refractivity contribution is 5.93. The molecule has 3 aromatic rings. The van der Waals surface area contributed by atoms with Crippen LogP contribution in [0.1, 0.15) is 48.7 Å². The van der Waals surface area contributed by atoms with E-state index < -0.39 is 11.9 Å². The number of nitrogens with zero attached hydrogens (tertiary/aromatic N) is 3. The summed E-state index contributed by atoms with van der Waals surface area (Å²) in [5, 5.41) is 8.22. The number of hydrogen-bond donors (Lipinski definition) is 4. The number of rotatable bonds is 5. The molecule has 5 N–H and O–H groups in total. The van der Waals surface area contributed by atoms with Crippen molar-refractivity contribution in [2.75, 3.05) is 18.4 Å². The van der Waals surface area contributed by atoms with Crippen LogP contribution in [0.4, 0.5) is 19.0 Å². The minimum atomic E-state index is -4.53. The number of allylic oxidation sites excluding steroid dienone is 1. The number of aromatic nitrogens is 4. The van der Waals surface area contributed by atoms with Gasteiger partial charge in [0.25, 0.3) is 0 Å². The van der Waals surface area contributed by atoms with Gasteiger partial charge >= 0.3 is 6.18 Å². The van der Waals surface area contributed by atoms with Crippen LogP contribution >= 0.6 is 0 Å². The first-order chi connectivity index (χ1) is 16.3. The van der Waals surface area contributed by atoms with Gasteiger partial charge in [-0.2, -0.15) is 13.2 Å². The molecule has 1 aliphatic carbocycles. The third-order valence-corrected chi connectivity index (χ3v) is 6.33. The van der Waals surface area contributed by atoms with Crippen molar-refractivity contribution in [1.29, 1.82) is 0 Å². The lowest BCUT2D eigenvalue weighted by molar-refractivity contribution is -0.140. The monoisotopic (exact) mass is 469 g/mol. The summed E-state index contributed by atoms with van der Waals surface area (Å²) in [6.07, 6.45) is 5.86. The molecule has 1 saturated heterocycles. The van der Waals surface area contributed by atoms with Gasteiger partial charge in [0.2, 0.25) is 0 Å². The fourth-order valence-corrected chi connectivity index (χ4v) is 4.47. The third kappa shape index (κ3) is 4.37. The standard InChI is InChI=1S/C24H26F3N7/c1-13-17(10-20(31-13)24(25,26)27)16(4-7-28)22-33-19-12-30-11-18(14-2-3-14)21(19)23(34-22)32-15-5-8-29-9-6-15/h4,7,10-12,14-15,29,31H,1-3,5-6,8-9,28H2,(H,32,33,34)/b7-4-,17-16+. The number of nitrogens with one attached hydrogen (secondary N) is 3. The smallest absolute Gasteiger partial charge is 0.405 e. The Kier molecular flexibility index (Phi) is 5.76. The second-order valence-electron chi connectivity index (χ2n) is 8.81. The van der Waals surface area contributed by atoms with Gasteiger partial charge in [0.15, 0.2) is 5.82 Å². The molecule has 0 bridgehead atoms. The number of anilines is 1. The van der Waals surface area contributed by atoms with Crippen LogP contribution in [-0.4, -0.2) is 39.1 Å². The zero-order valence-corrected chi connectivity index (χ0v) is 18.5. The average Bonchev–Trinajstić information content (AvgIpc) is 3.58. The van der Waals surface area contributed by atoms with E-state index >= 15 is 0 Å². The molecule has 34 heavy (non-hydrogen) atoms. The maximum absolute atomic E-state index is 13.3. The first-order valence-corrected chi connectivity index (χ1v) is 11.4. The van der Waals surface area contributed by atoms with Crippen molar-refractivity contribution in [1.82, 2.24) is 25.3 Å². The van der Waals surface area contributed by atoms with E-state index in [1.54, 1.807) is 6.20 Å². The molecule has 0 unspecified atom stereocenters. The minimum Gasteiger partial charge on any atom is -0.405 e. The van der Waals surface area contributed by atoms with E-state index in [2.05, 4.69) is 27.2 Å². The van der Waals surface area contributed by atoms with Crippen molar-refractivity contribution in [2.45, 2.75) is 43.8 Å². The second kappa shape index (κ2) is 8.75. The van der Waals surface area contributed by atoms with Gasteiger partial charge in [-0.1, -0.05) is 6.58 Å². The number of nitrogens with two attached hydrogens (primary N) is 1.